The first-order valence-corrected chi connectivity index (χ1v) is 5.68. The predicted octanol–water partition coefficient (Wildman–Crippen LogP) is 1.83. The van der Waals surface area contributed by atoms with Crippen LogP contribution < -0.4 is 5.56 Å². The molecule has 0 fully saturated rings. The SMILES string of the molecule is Cc1nc2cc(C)[s+](C)c2c(=O)[nH]1. The lowest BCUT2D eigenvalue weighted by Crippen LogP contribution is -2.07. The van der Waals surface area contributed by atoms with Crippen LogP contribution in [0.25, 0.3) is 10.2 Å². The lowest BCUT2D eigenvalue weighted by molar-refractivity contribution is 1.06. The van der Waals surface area contributed by atoms with Crippen LogP contribution >= 0.6 is 10.5 Å². The van der Waals surface area contributed by atoms with Crippen LogP contribution in [-0.2, 0) is 6.26 Å². The van der Waals surface area contributed by atoms with E-state index in [0.717, 1.165) is 10.2 Å². The molecule has 0 bridgehead atoms. The number of H-pyrrole nitrogens is 1. The Hall–Kier alpha value is -1.16. The second-order valence-electron chi connectivity index (χ2n) is 3.13. The predicted molar refractivity (Wildman–Crippen MR) is 55.3 cm³/mol. The van der Waals surface area contributed by atoms with Crippen molar-refractivity contribution < 1.29 is 0 Å². The minimum absolute atomic E-state index is 0.0152. The summed E-state index contributed by atoms with van der Waals surface area (Å²) >= 11 is 0. The van der Waals surface area contributed by atoms with E-state index in [2.05, 4.69) is 16.2 Å². The summed E-state index contributed by atoms with van der Waals surface area (Å²) < 4.78 is 0.836. The van der Waals surface area contributed by atoms with Crippen molar-refractivity contribution in [3.05, 3.63) is 27.1 Å². The van der Waals surface area contributed by atoms with Gasteiger partial charge in [0.1, 0.15) is 22.5 Å². The van der Waals surface area contributed by atoms with Crippen LogP contribution in [0.5, 0.6) is 0 Å². The number of aromatic amines is 1. The number of fused-ring (bicyclic) bond motifs is 1. The Morgan fingerprint density at radius 1 is 1.46 bits per heavy atom. The number of hydrogen-bond acceptors (Lipinski definition) is 2. The van der Waals surface area contributed by atoms with Gasteiger partial charge in [-0.25, -0.2) is 4.98 Å². The Morgan fingerprint density at radius 3 is 2.85 bits per heavy atom. The molecule has 0 aromatic carbocycles. The van der Waals surface area contributed by atoms with Crippen LogP contribution in [0.3, 0.4) is 0 Å². The van der Waals surface area contributed by atoms with Crippen molar-refractivity contribution in [2.24, 2.45) is 6.26 Å². The van der Waals surface area contributed by atoms with Gasteiger partial charge in [-0.05, 0) is 17.4 Å². The molecule has 3 nitrogen and oxygen atoms in total. The summed E-state index contributed by atoms with van der Waals surface area (Å²) in [6.07, 6.45) is 2.06. The molecule has 0 radical (unpaired) electrons. The highest BCUT2D eigenvalue weighted by Gasteiger charge is 2.17. The van der Waals surface area contributed by atoms with E-state index in [0.29, 0.717) is 5.82 Å². The average molecular weight is 195 g/mol. The number of rotatable bonds is 0. The third-order valence-corrected chi connectivity index (χ3v) is 4.24. The quantitative estimate of drug-likeness (QED) is 0.652. The van der Waals surface area contributed by atoms with E-state index >= 15 is 0 Å². The Labute approximate surface area is 78.4 Å². The van der Waals surface area contributed by atoms with Crippen molar-refractivity contribution in [1.29, 1.82) is 0 Å². The molecule has 0 aliphatic heterocycles. The summed E-state index contributed by atoms with van der Waals surface area (Å²) in [5.74, 6) is 0.687. The molecule has 0 aliphatic rings. The van der Waals surface area contributed by atoms with Crippen LogP contribution in [0.4, 0.5) is 0 Å². The standard InChI is InChI=1S/C9H10N2OS/c1-5-4-7-8(13(5)3)9(12)11-6(2)10-7/h4H,1-3H3/p+1. The Morgan fingerprint density at radius 2 is 2.15 bits per heavy atom. The summed E-state index contributed by atoms with van der Waals surface area (Å²) in [5.41, 5.74) is 0.867. The molecule has 68 valence electrons. The zero-order chi connectivity index (χ0) is 9.59. The second-order valence-corrected chi connectivity index (χ2v) is 5.20. The Balaban J connectivity index is 3.03. The average Bonchev–Trinajstić information content (AvgIpc) is 2.27. The highest BCUT2D eigenvalue weighted by Crippen LogP contribution is 2.29. The third kappa shape index (κ3) is 1.18. The fourth-order valence-electron chi connectivity index (χ4n) is 1.43. The minimum atomic E-state index is -0.0575. The highest BCUT2D eigenvalue weighted by atomic mass is 32.2. The normalized spacial score (nSPS) is 12.4. The van der Waals surface area contributed by atoms with E-state index in [1.165, 1.54) is 4.88 Å². The van der Waals surface area contributed by atoms with E-state index in [4.69, 9.17) is 0 Å². The molecule has 0 amide bonds. The topological polar surface area (TPSA) is 45.8 Å². The molecule has 1 atom stereocenters. The Bertz CT molecular complexity index is 524. The number of thiophene rings is 1. The summed E-state index contributed by atoms with van der Waals surface area (Å²) in [7, 11) is -0.0575. The summed E-state index contributed by atoms with van der Waals surface area (Å²) in [5, 5.41) is 0. The van der Waals surface area contributed by atoms with E-state index < -0.39 is 0 Å². The van der Waals surface area contributed by atoms with Crippen molar-refractivity contribution >= 4 is 20.7 Å². The van der Waals surface area contributed by atoms with Crippen LogP contribution in [0.1, 0.15) is 10.7 Å². The van der Waals surface area contributed by atoms with Gasteiger partial charge in [0.05, 0.1) is 0 Å². The Kier molecular flexibility index (Phi) is 1.73. The van der Waals surface area contributed by atoms with Gasteiger partial charge in [-0.15, -0.1) is 0 Å². The first kappa shape index (κ1) is 8.44. The van der Waals surface area contributed by atoms with Crippen LogP contribution in [0.2, 0.25) is 0 Å². The molecule has 0 saturated carbocycles. The largest absolute Gasteiger partial charge is 0.311 e. The molecule has 2 aromatic rings. The van der Waals surface area contributed by atoms with E-state index in [1.807, 2.05) is 13.0 Å². The molecule has 1 unspecified atom stereocenters. The maximum Gasteiger partial charge on any atom is 0.311 e. The van der Waals surface area contributed by atoms with Gasteiger partial charge in [-0.2, -0.15) is 0 Å². The second kappa shape index (κ2) is 2.67. The summed E-state index contributed by atoms with van der Waals surface area (Å²) in [6.45, 7) is 3.84. The van der Waals surface area contributed by atoms with Gasteiger partial charge in [0.15, 0.2) is 0 Å². The van der Waals surface area contributed by atoms with Crippen molar-refractivity contribution in [1.82, 2.24) is 9.97 Å². The van der Waals surface area contributed by atoms with Gasteiger partial charge in [-0.1, -0.05) is 0 Å². The van der Waals surface area contributed by atoms with E-state index in [9.17, 15) is 4.79 Å². The molecule has 13 heavy (non-hydrogen) atoms. The molecule has 4 heteroatoms. The van der Waals surface area contributed by atoms with Crippen molar-refractivity contribution in [2.45, 2.75) is 13.8 Å². The third-order valence-electron chi connectivity index (χ3n) is 2.15. The maximum absolute atomic E-state index is 11.6. The molecule has 2 heterocycles. The molecule has 2 rings (SSSR count). The van der Waals surface area contributed by atoms with Gasteiger partial charge in [0.2, 0.25) is 0 Å². The summed E-state index contributed by atoms with van der Waals surface area (Å²) in [4.78, 5) is 19.8. The van der Waals surface area contributed by atoms with Crippen LogP contribution in [0.15, 0.2) is 10.9 Å². The highest BCUT2D eigenvalue weighted by molar-refractivity contribution is 7.35. The minimum Gasteiger partial charge on any atom is -0.306 e. The lowest BCUT2D eigenvalue weighted by atomic mass is 10.4. The molecular weight excluding hydrogens is 184 g/mol. The zero-order valence-electron chi connectivity index (χ0n) is 7.84. The fraction of sp³-hybridized carbons (Fsp3) is 0.333. The van der Waals surface area contributed by atoms with Crippen LogP contribution in [0, 0.1) is 13.8 Å². The van der Waals surface area contributed by atoms with Gasteiger partial charge in [0.25, 0.3) is 4.70 Å². The number of nitrogens with zero attached hydrogens (tertiary/aromatic N) is 1. The van der Waals surface area contributed by atoms with Crippen molar-refractivity contribution in [2.75, 3.05) is 0 Å². The van der Waals surface area contributed by atoms with Crippen molar-refractivity contribution in [3.8, 4) is 0 Å². The van der Waals surface area contributed by atoms with Gasteiger partial charge in [0, 0.05) is 13.0 Å². The molecule has 1 N–H and O–H groups in total. The molecule has 0 saturated heterocycles. The monoisotopic (exact) mass is 195 g/mol. The lowest BCUT2D eigenvalue weighted by Gasteiger charge is -1.88. The van der Waals surface area contributed by atoms with Crippen molar-refractivity contribution in [3.63, 3.8) is 0 Å². The van der Waals surface area contributed by atoms with Gasteiger partial charge >= 0.3 is 5.56 Å². The summed E-state index contributed by atoms with van der Waals surface area (Å²) in [6, 6.07) is 2.00. The molecular formula is C9H11N2OS+. The maximum atomic E-state index is 11.6. The molecule has 2 aromatic heterocycles. The number of aromatic nitrogens is 2. The molecule has 0 aliphatic carbocycles. The van der Waals surface area contributed by atoms with Gasteiger partial charge in [-0.3, -0.25) is 4.79 Å². The number of hydrogen-bond donors (Lipinski definition) is 1. The fourth-order valence-corrected chi connectivity index (χ4v) is 2.79. The zero-order valence-corrected chi connectivity index (χ0v) is 8.66. The first-order chi connectivity index (χ1) is 6.09. The molecule has 0 spiro atoms. The number of nitrogens with one attached hydrogen (secondary N) is 1. The van der Waals surface area contributed by atoms with Gasteiger partial charge < -0.3 is 4.98 Å². The smallest absolute Gasteiger partial charge is 0.306 e. The first-order valence-electron chi connectivity index (χ1n) is 4.05. The number of aryl methyl sites for hydroxylation is 3. The van der Waals surface area contributed by atoms with E-state index in [1.54, 1.807) is 6.92 Å². The van der Waals surface area contributed by atoms with Crippen LogP contribution in [-0.4, -0.2) is 9.97 Å². The van der Waals surface area contributed by atoms with E-state index in [-0.39, 0.29) is 16.0 Å².